The molecule has 0 bridgehead atoms. The molecule has 1 amide bonds. The first kappa shape index (κ1) is 15.3. The van der Waals surface area contributed by atoms with Gasteiger partial charge in [0.15, 0.2) is 0 Å². The van der Waals surface area contributed by atoms with Crippen LogP contribution in [0.3, 0.4) is 0 Å². The summed E-state index contributed by atoms with van der Waals surface area (Å²) in [6, 6.07) is 7.49. The zero-order chi connectivity index (χ0) is 15.6. The van der Waals surface area contributed by atoms with E-state index in [1.165, 1.54) is 0 Å². The molecule has 0 saturated carbocycles. The number of hydrogen-bond donors (Lipinski definition) is 2. The van der Waals surface area contributed by atoms with E-state index in [1.54, 1.807) is 6.92 Å². The lowest BCUT2D eigenvalue weighted by Crippen LogP contribution is -2.23. The van der Waals surface area contributed by atoms with Gasteiger partial charge in [0.25, 0.3) is 5.91 Å². The molecule has 0 fully saturated rings. The highest BCUT2D eigenvalue weighted by Gasteiger charge is 2.18. The zero-order valence-corrected chi connectivity index (χ0v) is 13.1. The van der Waals surface area contributed by atoms with Crippen molar-refractivity contribution in [3.8, 4) is 0 Å². The minimum absolute atomic E-state index is 0.125. The van der Waals surface area contributed by atoms with Crippen LogP contribution in [0.2, 0.25) is 0 Å². The summed E-state index contributed by atoms with van der Waals surface area (Å²) < 4.78 is 5.47. The normalized spacial score (nSPS) is 10.4. The Morgan fingerprint density at radius 2 is 1.81 bits per heavy atom. The Morgan fingerprint density at radius 1 is 1.19 bits per heavy atom. The molecule has 2 aromatic rings. The molecule has 4 nitrogen and oxygen atoms in total. The molecule has 0 spiro atoms. The third kappa shape index (κ3) is 3.31. The number of benzene rings is 1. The second kappa shape index (κ2) is 6.10. The molecule has 5 heteroatoms. The number of carbonyl (C=O) groups excluding carboxylic acids is 1. The van der Waals surface area contributed by atoms with E-state index >= 15 is 0 Å². The summed E-state index contributed by atoms with van der Waals surface area (Å²) >= 11 is 4.90. The SMILES string of the molecule is Cc1oc(C)c(C(=O)NCc2ccc(C(N)=S)cc2)c1C. The smallest absolute Gasteiger partial charge is 0.255 e. The Kier molecular flexibility index (Phi) is 4.43. The van der Waals surface area contributed by atoms with E-state index in [2.05, 4.69) is 5.32 Å². The Labute approximate surface area is 129 Å². The summed E-state index contributed by atoms with van der Waals surface area (Å²) in [4.78, 5) is 12.6. The molecule has 110 valence electrons. The Balaban J connectivity index is 2.05. The number of rotatable bonds is 4. The Bertz CT molecular complexity index is 687. The predicted molar refractivity (Wildman–Crippen MR) is 86.4 cm³/mol. The number of nitrogens with two attached hydrogens (primary N) is 1. The highest BCUT2D eigenvalue weighted by molar-refractivity contribution is 7.80. The molecule has 2 rings (SSSR count). The second-order valence-corrected chi connectivity index (χ2v) is 5.40. The Morgan fingerprint density at radius 3 is 2.29 bits per heavy atom. The number of carbonyl (C=O) groups is 1. The molecular weight excluding hydrogens is 284 g/mol. The lowest BCUT2D eigenvalue weighted by atomic mass is 10.1. The minimum atomic E-state index is -0.125. The van der Waals surface area contributed by atoms with E-state index in [-0.39, 0.29) is 5.91 Å². The molecule has 3 N–H and O–H groups in total. The third-order valence-corrected chi connectivity index (χ3v) is 3.72. The predicted octanol–water partition coefficient (Wildman–Crippen LogP) is 2.77. The van der Waals surface area contributed by atoms with Crippen LogP contribution in [0, 0.1) is 20.8 Å². The standard InChI is InChI=1S/C16H18N2O2S/c1-9-10(2)20-11(3)14(9)16(19)18-8-12-4-6-13(7-5-12)15(17)21/h4-7H,8H2,1-3H3,(H2,17,21)(H,18,19). The molecule has 1 aromatic heterocycles. The first-order chi connectivity index (χ1) is 9.90. The van der Waals surface area contributed by atoms with Gasteiger partial charge < -0.3 is 15.5 Å². The highest BCUT2D eigenvalue weighted by atomic mass is 32.1. The maximum atomic E-state index is 12.2. The van der Waals surface area contributed by atoms with E-state index in [9.17, 15) is 4.79 Å². The van der Waals surface area contributed by atoms with Crippen LogP contribution in [0.25, 0.3) is 0 Å². The fourth-order valence-electron chi connectivity index (χ4n) is 2.19. The van der Waals surface area contributed by atoms with Gasteiger partial charge in [0.2, 0.25) is 0 Å². The molecular formula is C16H18N2O2S. The molecule has 1 heterocycles. The largest absolute Gasteiger partial charge is 0.466 e. The summed E-state index contributed by atoms with van der Waals surface area (Å²) in [6.07, 6.45) is 0. The highest BCUT2D eigenvalue weighted by Crippen LogP contribution is 2.20. The van der Waals surface area contributed by atoms with E-state index in [1.807, 2.05) is 38.1 Å². The lowest BCUT2D eigenvalue weighted by molar-refractivity contribution is 0.0949. The maximum Gasteiger partial charge on any atom is 0.255 e. The van der Waals surface area contributed by atoms with Crippen molar-refractivity contribution in [3.63, 3.8) is 0 Å². The molecule has 0 unspecified atom stereocenters. The van der Waals surface area contributed by atoms with Crippen molar-refractivity contribution >= 4 is 23.1 Å². The van der Waals surface area contributed by atoms with Crippen molar-refractivity contribution in [3.05, 3.63) is 58.0 Å². The molecule has 0 saturated heterocycles. The lowest BCUT2D eigenvalue weighted by Gasteiger charge is -2.06. The number of thiocarbonyl (C=S) groups is 1. The van der Waals surface area contributed by atoms with Crippen LogP contribution in [0.1, 0.15) is 38.6 Å². The molecule has 0 aliphatic carbocycles. The topological polar surface area (TPSA) is 68.3 Å². The van der Waals surface area contributed by atoms with Crippen molar-refractivity contribution in [1.82, 2.24) is 5.32 Å². The first-order valence-corrected chi connectivity index (χ1v) is 7.04. The fraction of sp³-hybridized carbons (Fsp3) is 0.250. The van der Waals surface area contributed by atoms with Crippen LogP contribution >= 0.6 is 12.2 Å². The van der Waals surface area contributed by atoms with Gasteiger partial charge in [-0.25, -0.2) is 0 Å². The molecule has 0 atom stereocenters. The first-order valence-electron chi connectivity index (χ1n) is 6.63. The molecule has 0 aliphatic heterocycles. The van der Waals surface area contributed by atoms with E-state index in [0.29, 0.717) is 22.9 Å². The summed E-state index contributed by atoms with van der Waals surface area (Å²) in [5.41, 5.74) is 8.85. The number of hydrogen-bond acceptors (Lipinski definition) is 3. The van der Waals surface area contributed by atoms with Gasteiger partial charge in [0.1, 0.15) is 16.5 Å². The van der Waals surface area contributed by atoms with Crippen LogP contribution in [-0.2, 0) is 6.54 Å². The zero-order valence-electron chi connectivity index (χ0n) is 12.3. The van der Waals surface area contributed by atoms with Gasteiger partial charge in [-0.2, -0.15) is 0 Å². The fourth-order valence-corrected chi connectivity index (χ4v) is 2.32. The number of nitrogens with one attached hydrogen (secondary N) is 1. The summed E-state index contributed by atoms with van der Waals surface area (Å²) in [6.45, 7) is 5.98. The van der Waals surface area contributed by atoms with Crippen molar-refractivity contribution in [1.29, 1.82) is 0 Å². The van der Waals surface area contributed by atoms with Gasteiger partial charge in [-0.05, 0) is 26.3 Å². The Hall–Kier alpha value is -2.14. The minimum Gasteiger partial charge on any atom is -0.466 e. The summed E-state index contributed by atoms with van der Waals surface area (Å²) in [7, 11) is 0. The van der Waals surface area contributed by atoms with Crippen molar-refractivity contribution in [2.75, 3.05) is 0 Å². The second-order valence-electron chi connectivity index (χ2n) is 4.96. The van der Waals surface area contributed by atoms with Gasteiger partial charge in [0, 0.05) is 17.7 Å². The van der Waals surface area contributed by atoms with E-state index in [4.69, 9.17) is 22.4 Å². The monoisotopic (exact) mass is 302 g/mol. The molecule has 0 radical (unpaired) electrons. The molecule has 0 aliphatic rings. The van der Waals surface area contributed by atoms with Gasteiger partial charge >= 0.3 is 0 Å². The third-order valence-electron chi connectivity index (χ3n) is 3.48. The average Bonchev–Trinajstić information content (AvgIpc) is 2.70. The van der Waals surface area contributed by atoms with Crippen LogP contribution in [0.5, 0.6) is 0 Å². The van der Waals surface area contributed by atoms with Crippen LogP contribution in [0.4, 0.5) is 0 Å². The van der Waals surface area contributed by atoms with Crippen LogP contribution < -0.4 is 11.1 Å². The maximum absolute atomic E-state index is 12.2. The van der Waals surface area contributed by atoms with Crippen molar-refractivity contribution in [2.24, 2.45) is 5.73 Å². The quantitative estimate of drug-likeness (QED) is 0.852. The number of aryl methyl sites for hydroxylation is 2. The van der Waals surface area contributed by atoms with Crippen LogP contribution in [0.15, 0.2) is 28.7 Å². The van der Waals surface area contributed by atoms with Crippen LogP contribution in [-0.4, -0.2) is 10.9 Å². The van der Waals surface area contributed by atoms with E-state index in [0.717, 1.165) is 22.5 Å². The molecule has 1 aromatic carbocycles. The van der Waals surface area contributed by atoms with Crippen molar-refractivity contribution < 1.29 is 9.21 Å². The van der Waals surface area contributed by atoms with Gasteiger partial charge in [-0.15, -0.1) is 0 Å². The number of furan rings is 1. The van der Waals surface area contributed by atoms with E-state index < -0.39 is 0 Å². The summed E-state index contributed by atoms with van der Waals surface area (Å²) in [5, 5.41) is 2.90. The number of amides is 1. The summed E-state index contributed by atoms with van der Waals surface area (Å²) in [5.74, 6) is 1.30. The van der Waals surface area contributed by atoms with Gasteiger partial charge in [0.05, 0.1) is 5.56 Å². The van der Waals surface area contributed by atoms with Gasteiger partial charge in [-0.3, -0.25) is 4.79 Å². The van der Waals surface area contributed by atoms with Crippen molar-refractivity contribution in [2.45, 2.75) is 27.3 Å². The van der Waals surface area contributed by atoms with Gasteiger partial charge in [-0.1, -0.05) is 36.5 Å². The average molecular weight is 302 g/mol. The molecule has 21 heavy (non-hydrogen) atoms.